The maximum atomic E-state index is 9.82. The van der Waals surface area contributed by atoms with Gasteiger partial charge in [0.1, 0.15) is 0 Å². The SMILES string of the molecule is CCC(O)C(C)N1CCC(C)C(OC)C1. The normalized spacial score (nSPS) is 32.6. The Labute approximate surface area is 93.4 Å². The molecule has 0 aliphatic carbocycles. The number of ether oxygens (including phenoxy) is 1. The topological polar surface area (TPSA) is 32.7 Å². The van der Waals surface area contributed by atoms with Crippen molar-refractivity contribution in [1.82, 2.24) is 4.90 Å². The van der Waals surface area contributed by atoms with Gasteiger partial charge in [0, 0.05) is 19.7 Å². The molecule has 0 bridgehead atoms. The number of piperidine rings is 1. The van der Waals surface area contributed by atoms with Crippen LogP contribution >= 0.6 is 0 Å². The van der Waals surface area contributed by atoms with Crippen molar-refractivity contribution in [2.24, 2.45) is 5.92 Å². The minimum absolute atomic E-state index is 0.212. The molecule has 1 fully saturated rings. The summed E-state index contributed by atoms with van der Waals surface area (Å²) < 4.78 is 5.47. The predicted octanol–water partition coefficient (Wildman–Crippen LogP) is 1.50. The first kappa shape index (κ1) is 12.9. The van der Waals surface area contributed by atoms with E-state index in [0.29, 0.717) is 12.0 Å². The lowest BCUT2D eigenvalue weighted by Gasteiger charge is -2.40. The van der Waals surface area contributed by atoms with Crippen molar-refractivity contribution in [1.29, 1.82) is 0 Å². The second-order valence-corrected chi connectivity index (χ2v) is 4.75. The molecule has 4 atom stereocenters. The lowest BCUT2D eigenvalue weighted by atomic mass is 9.94. The molecule has 3 nitrogen and oxygen atoms in total. The first-order chi connectivity index (χ1) is 7.10. The highest BCUT2D eigenvalue weighted by Gasteiger charge is 2.30. The molecule has 1 N–H and O–H groups in total. The monoisotopic (exact) mass is 215 g/mol. The summed E-state index contributed by atoms with van der Waals surface area (Å²) in [5, 5.41) is 9.82. The van der Waals surface area contributed by atoms with E-state index in [2.05, 4.69) is 18.7 Å². The number of rotatable bonds is 4. The van der Waals surface area contributed by atoms with Crippen molar-refractivity contribution in [3.05, 3.63) is 0 Å². The van der Waals surface area contributed by atoms with Crippen molar-refractivity contribution in [3.63, 3.8) is 0 Å². The highest BCUT2D eigenvalue weighted by atomic mass is 16.5. The van der Waals surface area contributed by atoms with E-state index in [-0.39, 0.29) is 12.1 Å². The van der Waals surface area contributed by atoms with Crippen molar-refractivity contribution < 1.29 is 9.84 Å². The molecule has 0 aromatic carbocycles. The van der Waals surface area contributed by atoms with Gasteiger partial charge in [-0.25, -0.2) is 0 Å². The third-order valence-electron chi connectivity index (χ3n) is 3.77. The fourth-order valence-corrected chi connectivity index (χ4v) is 2.32. The zero-order valence-electron chi connectivity index (χ0n) is 10.4. The molecule has 90 valence electrons. The molecule has 0 saturated carbocycles. The van der Waals surface area contributed by atoms with Gasteiger partial charge in [-0.2, -0.15) is 0 Å². The van der Waals surface area contributed by atoms with E-state index in [1.165, 1.54) is 6.42 Å². The van der Waals surface area contributed by atoms with Crippen LogP contribution in [0.2, 0.25) is 0 Å². The Bertz CT molecular complexity index is 186. The smallest absolute Gasteiger partial charge is 0.0724 e. The van der Waals surface area contributed by atoms with Crippen LogP contribution in [0.15, 0.2) is 0 Å². The summed E-state index contributed by atoms with van der Waals surface area (Å²) in [6.45, 7) is 8.42. The minimum Gasteiger partial charge on any atom is -0.392 e. The lowest BCUT2D eigenvalue weighted by molar-refractivity contribution is -0.0394. The van der Waals surface area contributed by atoms with Gasteiger partial charge in [-0.05, 0) is 32.2 Å². The van der Waals surface area contributed by atoms with Gasteiger partial charge in [0.25, 0.3) is 0 Å². The molecule has 1 aliphatic heterocycles. The Morgan fingerprint density at radius 1 is 1.53 bits per heavy atom. The summed E-state index contributed by atoms with van der Waals surface area (Å²) in [6.07, 6.45) is 2.10. The van der Waals surface area contributed by atoms with Crippen LogP contribution in [0.1, 0.15) is 33.6 Å². The molecule has 0 spiro atoms. The summed E-state index contributed by atoms with van der Waals surface area (Å²) >= 11 is 0. The average molecular weight is 215 g/mol. The molecule has 0 amide bonds. The third kappa shape index (κ3) is 3.16. The van der Waals surface area contributed by atoms with E-state index in [9.17, 15) is 5.11 Å². The van der Waals surface area contributed by atoms with E-state index >= 15 is 0 Å². The molecule has 1 saturated heterocycles. The average Bonchev–Trinajstić information content (AvgIpc) is 2.27. The molecular formula is C12H25NO2. The van der Waals surface area contributed by atoms with Crippen LogP contribution in [0, 0.1) is 5.92 Å². The Morgan fingerprint density at radius 2 is 2.20 bits per heavy atom. The quantitative estimate of drug-likeness (QED) is 0.771. The molecule has 1 aliphatic rings. The molecule has 0 radical (unpaired) electrons. The molecule has 15 heavy (non-hydrogen) atoms. The van der Waals surface area contributed by atoms with E-state index in [1.54, 1.807) is 7.11 Å². The first-order valence-electron chi connectivity index (χ1n) is 6.05. The van der Waals surface area contributed by atoms with E-state index in [4.69, 9.17) is 4.74 Å². The number of methoxy groups -OCH3 is 1. The number of nitrogens with zero attached hydrogens (tertiary/aromatic N) is 1. The predicted molar refractivity (Wildman–Crippen MR) is 61.9 cm³/mol. The highest BCUT2D eigenvalue weighted by Crippen LogP contribution is 2.22. The molecule has 3 heteroatoms. The van der Waals surface area contributed by atoms with Crippen LogP contribution in [0.5, 0.6) is 0 Å². The van der Waals surface area contributed by atoms with Gasteiger partial charge in [0.2, 0.25) is 0 Å². The summed E-state index contributed by atoms with van der Waals surface area (Å²) in [4.78, 5) is 2.35. The minimum atomic E-state index is -0.212. The summed E-state index contributed by atoms with van der Waals surface area (Å²) in [6, 6.07) is 0.250. The molecule has 4 unspecified atom stereocenters. The molecule has 1 heterocycles. The van der Waals surface area contributed by atoms with Crippen molar-refractivity contribution >= 4 is 0 Å². The van der Waals surface area contributed by atoms with Crippen LogP contribution in [0.3, 0.4) is 0 Å². The molecule has 1 rings (SSSR count). The summed E-state index contributed by atoms with van der Waals surface area (Å²) in [5.74, 6) is 0.636. The fourth-order valence-electron chi connectivity index (χ4n) is 2.32. The van der Waals surface area contributed by atoms with Gasteiger partial charge in [0.15, 0.2) is 0 Å². The third-order valence-corrected chi connectivity index (χ3v) is 3.77. The Kier molecular flexibility index (Phi) is 5.03. The largest absolute Gasteiger partial charge is 0.392 e. The van der Waals surface area contributed by atoms with Gasteiger partial charge in [-0.15, -0.1) is 0 Å². The van der Waals surface area contributed by atoms with Crippen LogP contribution in [0.4, 0.5) is 0 Å². The maximum absolute atomic E-state index is 9.82. The van der Waals surface area contributed by atoms with Gasteiger partial charge in [-0.3, -0.25) is 4.90 Å². The van der Waals surface area contributed by atoms with Gasteiger partial charge in [0.05, 0.1) is 12.2 Å². The molecule has 0 aromatic heterocycles. The number of aliphatic hydroxyl groups excluding tert-OH is 1. The Balaban J connectivity index is 2.50. The van der Waals surface area contributed by atoms with Crippen molar-refractivity contribution in [3.8, 4) is 0 Å². The zero-order chi connectivity index (χ0) is 11.4. The molecular weight excluding hydrogens is 190 g/mol. The maximum Gasteiger partial charge on any atom is 0.0724 e. The van der Waals surface area contributed by atoms with Crippen LogP contribution in [-0.4, -0.2) is 48.5 Å². The second-order valence-electron chi connectivity index (χ2n) is 4.75. The van der Waals surface area contributed by atoms with E-state index in [0.717, 1.165) is 19.5 Å². The standard InChI is InChI=1S/C12H25NO2/c1-5-11(14)10(3)13-7-6-9(2)12(8-13)15-4/h9-12,14H,5-8H2,1-4H3. The highest BCUT2D eigenvalue weighted by molar-refractivity contribution is 4.83. The lowest BCUT2D eigenvalue weighted by Crippen LogP contribution is -2.51. The fraction of sp³-hybridized carbons (Fsp3) is 1.00. The summed E-state index contributed by atoms with van der Waals surface area (Å²) in [5.41, 5.74) is 0. The van der Waals surface area contributed by atoms with E-state index in [1.807, 2.05) is 6.92 Å². The second kappa shape index (κ2) is 5.83. The number of hydrogen-bond acceptors (Lipinski definition) is 3. The first-order valence-corrected chi connectivity index (χ1v) is 6.05. The Hall–Kier alpha value is -0.120. The number of hydrogen-bond donors (Lipinski definition) is 1. The van der Waals surface area contributed by atoms with Gasteiger partial charge >= 0.3 is 0 Å². The van der Waals surface area contributed by atoms with E-state index < -0.39 is 0 Å². The van der Waals surface area contributed by atoms with Gasteiger partial charge < -0.3 is 9.84 Å². The zero-order valence-corrected chi connectivity index (χ0v) is 10.4. The molecule has 0 aromatic rings. The van der Waals surface area contributed by atoms with Crippen molar-refractivity contribution in [2.75, 3.05) is 20.2 Å². The van der Waals surface area contributed by atoms with Crippen LogP contribution in [-0.2, 0) is 4.74 Å². The van der Waals surface area contributed by atoms with Crippen LogP contribution in [0.25, 0.3) is 0 Å². The summed E-state index contributed by atoms with van der Waals surface area (Å²) in [7, 11) is 1.78. The number of aliphatic hydroxyl groups is 1. The Morgan fingerprint density at radius 3 is 2.73 bits per heavy atom. The van der Waals surface area contributed by atoms with Crippen LogP contribution < -0.4 is 0 Å². The van der Waals surface area contributed by atoms with Gasteiger partial charge in [-0.1, -0.05) is 13.8 Å². The van der Waals surface area contributed by atoms with Crippen molar-refractivity contribution in [2.45, 2.75) is 51.9 Å². The number of likely N-dealkylation sites (tertiary alicyclic amines) is 1.